The molecule has 2 aliphatic rings. The van der Waals surface area contributed by atoms with Crippen molar-refractivity contribution >= 4 is 11.6 Å². The lowest BCUT2D eigenvalue weighted by Gasteiger charge is -2.37. The first-order chi connectivity index (χ1) is 14.2. The molecule has 5 rings (SSSR count). The Morgan fingerprint density at radius 3 is 2.69 bits per heavy atom. The van der Waals surface area contributed by atoms with Crippen molar-refractivity contribution < 1.29 is 4.79 Å². The molecule has 3 aromatic rings. The Kier molecular flexibility index (Phi) is 4.84. The van der Waals surface area contributed by atoms with E-state index in [0.717, 1.165) is 57.6 Å². The van der Waals surface area contributed by atoms with Crippen molar-refractivity contribution in [1.82, 2.24) is 19.2 Å². The fourth-order valence-electron chi connectivity index (χ4n) is 4.75. The molecule has 0 radical (unpaired) electrons. The molecular formula is C24H28N4O. The largest absolute Gasteiger partial charge is 0.340 e. The first-order valence-electron chi connectivity index (χ1n) is 10.7. The van der Waals surface area contributed by atoms with E-state index in [9.17, 15) is 4.79 Å². The van der Waals surface area contributed by atoms with Crippen molar-refractivity contribution in [3.05, 3.63) is 71.2 Å². The molecule has 150 valence electrons. The van der Waals surface area contributed by atoms with Crippen LogP contribution >= 0.6 is 0 Å². The van der Waals surface area contributed by atoms with Crippen molar-refractivity contribution in [2.45, 2.75) is 32.7 Å². The van der Waals surface area contributed by atoms with E-state index in [1.165, 1.54) is 22.5 Å². The number of fused-ring (bicyclic) bond motifs is 3. The quantitative estimate of drug-likeness (QED) is 0.692. The summed E-state index contributed by atoms with van der Waals surface area (Å²) in [6.45, 7) is 6.64. The van der Waals surface area contributed by atoms with Crippen LogP contribution in [0.1, 0.15) is 28.9 Å². The molecule has 0 N–H and O–H groups in total. The highest BCUT2D eigenvalue weighted by molar-refractivity contribution is 5.79. The topological polar surface area (TPSA) is 40.9 Å². The highest BCUT2D eigenvalue weighted by Crippen LogP contribution is 2.28. The van der Waals surface area contributed by atoms with Crippen LogP contribution in [0.15, 0.2) is 48.7 Å². The number of aromatic nitrogens is 2. The van der Waals surface area contributed by atoms with Crippen molar-refractivity contribution in [1.29, 1.82) is 0 Å². The van der Waals surface area contributed by atoms with Crippen LogP contribution in [-0.4, -0.2) is 51.3 Å². The summed E-state index contributed by atoms with van der Waals surface area (Å²) in [7, 11) is 0. The number of benzene rings is 1. The van der Waals surface area contributed by atoms with Gasteiger partial charge in [0.25, 0.3) is 0 Å². The minimum atomic E-state index is 0.0874. The van der Waals surface area contributed by atoms with Gasteiger partial charge in [-0.1, -0.05) is 30.3 Å². The first kappa shape index (κ1) is 18.4. The highest BCUT2D eigenvalue weighted by atomic mass is 16.2. The lowest BCUT2D eigenvalue weighted by molar-refractivity contribution is -0.137. The maximum atomic E-state index is 13.2. The van der Waals surface area contributed by atoms with Crippen LogP contribution in [0.5, 0.6) is 0 Å². The maximum absolute atomic E-state index is 13.2. The molecule has 1 amide bonds. The number of carbonyl (C=O) groups is 1. The van der Waals surface area contributed by atoms with Gasteiger partial charge in [-0.15, -0.1) is 0 Å². The Hall–Kier alpha value is -2.66. The number of hydrogen-bond acceptors (Lipinski definition) is 3. The number of nitrogens with zero attached hydrogens (tertiary/aromatic N) is 4. The summed E-state index contributed by atoms with van der Waals surface area (Å²) in [4.78, 5) is 22.6. The zero-order valence-electron chi connectivity index (χ0n) is 17.1. The Balaban J connectivity index is 1.23. The van der Waals surface area contributed by atoms with Gasteiger partial charge in [0.2, 0.25) is 5.91 Å². The number of rotatable bonds is 3. The molecule has 0 spiro atoms. The molecule has 1 aliphatic carbocycles. The van der Waals surface area contributed by atoms with E-state index >= 15 is 0 Å². The van der Waals surface area contributed by atoms with Crippen LogP contribution in [0.3, 0.4) is 0 Å². The predicted molar refractivity (Wildman–Crippen MR) is 114 cm³/mol. The van der Waals surface area contributed by atoms with E-state index in [1.54, 1.807) is 0 Å². The van der Waals surface area contributed by atoms with E-state index in [0.29, 0.717) is 5.91 Å². The fourth-order valence-corrected chi connectivity index (χ4v) is 4.75. The third-order valence-corrected chi connectivity index (χ3v) is 6.42. The van der Waals surface area contributed by atoms with Gasteiger partial charge in [-0.3, -0.25) is 9.69 Å². The first-order valence-corrected chi connectivity index (χ1v) is 10.7. The van der Waals surface area contributed by atoms with Gasteiger partial charge in [-0.2, -0.15) is 0 Å². The lowest BCUT2D eigenvalue weighted by Crippen LogP contribution is -2.50. The second kappa shape index (κ2) is 7.64. The average molecular weight is 389 g/mol. The van der Waals surface area contributed by atoms with Crippen molar-refractivity contribution in [2.24, 2.45) is 5.92 Å². The van der Waals surface area contributed by atoms with Gasteiger partial charge in [0, 0.05) is 57.0 Å². The summed E-state index contributed by atoms with van der Waals surface area (Å²) >= 11 is 0. The zero-order chi connectivity index (χ0) is 19.8. The third kappa shape index (κ3) is 3.67. The standard InChI is InChI=1S/C24H28N4O/c1-18-9-10-28-22-16-20(7-8-21(22)25-23(28)15-18)24(29)27-13-11-26(12-14-27)17-19-5-3-2-4-6-19/h2-6,9-10,15,20H,7-8,11-14,16-17H2,1H3. The Bertz CT molecular complexity index is 1020. The fraction of sp³-hybridized carbons (Fsp3) is 0.417. The normalized spacial score (nSPS) is 20.0. The van der Waals surface area contributed by atoms with Crippen LogP contribution in [-0.2, 0) is 24.2 Å². The second-order valence-corrected chi connectivity index (χ2v) is 8.46. The number of piperazine rings is 1. The maximum Gasteiger partial charge on any atom is 0.226 e. The highest BCUT2D eigenvalue weighted by Gasteiger charge is 2.32. The zero-order valence-corrected chi connectivity index (χ0v) is 17.1. The summed E-state index contributed by atoms with van der Waals surface area (Å²) in [5.41, 5.74) is 5.98. The summed E-state index contributed by atoms with van der Waals surface area (Å²) in [5, 5.41) is 0. The van der Waals surface area contributed by atoms with Gasteiger partial charge in [0.05, 0.1) is 5.69 Å². The SMILES string of the molecule is Cc1ccn2c3c(nc2c1)CCC(C(=O)N1CCN(Cc2ccccc2)CC1)C3. The number of pyridine rings is 1. The van der Waals surface area contributed by atoms with Crippen LogP contribution in [0.4, 0.5) is 0 Å². The molecule has 1 saturated heterocycles. The molecule has 1 aromatic carbocycles. The monoisotopic (exact) mass is 388 g/mol. The van der Waals surface area contributed by atoms with Gasteiger partial charge in [-0.05, 0) is 43.0 Å². The molecule has 0 saturated carbocycles. The minimum absolute atomic E-state index is 0.0874. The van der Waals surface area contributed by atoms with Crippen LogP contribution in [0, 0.1) is 12.8 Å². The van der Waals surface area contributed by atoms with Crippen molar-refractivity contribution in [2.75, 3.05) is 26.2 Å². The minimum Gasteiger partial charge on any atom is -0.340 e. The molecule has 5 heteroatoms. The van der Waals surface area contributed by atoms with Gasteiger partial charge >= 0.3 is 0 Å². The molecule has 1 aliphatic heterocycles. The molecule has 2 aromatic heterocycles. The third-order valence-electron chi connectivity index (χ3n) is 6.42. The molecule has 3 heterocycles. The molecule has 29 heavy (non-hydrogen) atoms. The average Bonchev–Trinajstić information content (AvgIpc) is 3.11. The number of imidazole rings is 1. The number of carbonyl (C=O) groups excluding carboxylic acids is 1. The lowest BCUT2D eigenvalue weighted by atomic mass is 9.88. The van der Waals surface area contributed by atoms with Crippen LogP contribution < -0.4 is 0 Å². The predicted octanol–water partition coefficient (Wildman–Crippen LogP) is 3.09. The van der Waals surface area contributed by atoms with E-state index in [1.807, 2.05) is 0 Å². The van der Waals surface area contributed by atoms with Gasteiger partial charge in [-0.25, -0.2) is 4.98 Å². The molecule has 1 atom stereocenters. The van der Waals surface area contributed by atoms with Gasteiger partial charge in [0.1, 0.15) is 5.65 Å². The smallest absolute Gasteiger partial charge is 0.226 e. The number of amides is 1. The van der Waals surface area contributed by atoms with E-state index in [2.05, 4.69) is 69.8 Å². The molecule has 0 bridgehead atoms. The number of aryl methyl sites for hydroxylation is 2. The Labute approximate surface area is 172 Å². The molecule has 1 fully saturated rings. The molecular weight excluding hydrogens is 360 g/mol. The number of hydrogen-bond donors (Lipinski definition) is 0. The van der Waals surface area contributed by atoms with E-state index in [4.69, 9.17) is 4.98 Å². The van der Waals surface area contributed by atoms with Crippen LogP contribution in [0.2, 0.25) is 0 Å². The summed E-state index contributed by atoms with van der Waals surface area (Å²) < 4.78 is 2.18. The van der Waals surface area contributed by atoms with Crippen molar-refractivity contribution in [3.8, 4) is 0 Å². The van der Waals surface area contributed by atoms with Crippen molar-refractivity contribution in [3.63, 3.8) is 0 Å². The van der Waals surface area contributed by atoms with E-state index < -0.39 is 0 Å². The van der Waals surface area contributed by atoms with Gasteiger partial charge < -0.3 is 9.30 Å². The Morgan fingerprint density at radius 1 is 1.10 bits per heavy atom. The Morgan fingerprint density at radius 2 is 1.90 bits per heavy atom. The summed E-state index contributed by atoms with van der Waals surface area (Å²) in [6.07, 6.45) is 4.73. The van der Waals surface area contributed by atoms with E-state index in [-0.39, 0.29) is 5.92 Å². The summed E-state index contributed by atoms with van der Waals surface area (Å²) in [5.74, 6) is 0.418. The second-order valence-electron chi connectivity index (χ2n) is 8.46. The van der Waals surface area contributed by atoms with Gasteiger partial charge in [0.15, 0.2) is 0 Å². The summed E-state index contributed by atoms with van der Waals surface area (Å²) in [6, 6.07) is 14.8. The molecule has 5 nitrogen and oxygen atoms in total. The van der Waals surface area contributed by atoms with Crippen LogP contribution in [0.25, 0.3) is 5.65 Å². The molecule has 1 unspecified atom stereocenters.